The first kappa shape index (κ1) is 15.4. The van der Waals surface area contributed by atoms with Gasteiger partial charge in [0.25, 0.3) is 0 Å². The minimum atomic E-state index is -4.02. The van der Waals surface area contributed by atoms with Crippen LogP contribution in [0.3, 0.4) is 0 Å². The van der Waals surface area contributed by atoms with Crippen LogP contribution in [0.15, 0.2) is 12.2 Å². The minimum absolute atomic E-state index is 0.169. The van der Waals surface area contributed by atoms with Gasteiger partial charge in [-0.05, 0) is 26.2 Å². The third-order valence-electron chi connectivity index (χ3n) is 2.21. The standard InChI is InChI=1S/C10H19O5P/c1-4-9(16(12,13)14)6-5-7-15-10(11)8(2)3/h9H,2,4-7H2,1,3H3,(H2,12,13,14). The SMILES string of the molecule is C=C(C)C(=O)OCCCC(CC)P(=O)(O)O. The van der Waals surface area contributed by atoms with E-state index >= 15 is 0 Å². The molecule has 0 bridgehead atoms. The maximum absolute atomic E-state index is 11.0. The normalized spacial score (nSPS) is 13.2. The van der Waals surface area contributed by atoms with Gasteiger partial charge in [-0.3, -0.25) is 4.57 Å². The molecule has 0 fully saturated rings. The Morgan fingerprint density at radius 2 is 2.06 bits per heavy atom. The van der Waals surface area contributed by atoms with Gasteiger partial charge in [-0.1, -0.05) is 13.5 Å². The van der Waals surface area contributed by atoms with E-state index in [1.54, 1.807) is 13.8 Å². The molecular formula is C10H19O5P. The predicted octanol–water partition coefficient (Wildman–Crippen LogP) is 1.84. The highest BCUT2D eigenvalue weighted by Gasteiger charge is 2.26. The maximum Gasteiger partial charge on any atom is 0.333 e. The number of hydrogen-bond donors (Lipinski definition) is 2. The molecule has 0 rings (SSSR count). The van der Waals surface area contributed by atoms with Gasteiger partial charge in [-0.2, -0.15) is 0 Å². The molecule has 94 valence electrons. The van der Waals surface area contributed by atoms with Crippen LogP contribution in [0.25, 0.3) is 0 Å². The highest BCUT2D eigenvalue weighted by atomic mass is 31.2. The predicted molar refractivity (Wildman–Crippen MR) is 61.1 cm³/mol. The van der Waals surface area contributed by atoms with Crippen LogP contribution < -0.4 is 0 Å². The number of hydrogen-bond acceptors (Lipinski definition) is 3. The molecule has 16 heavy (non-hydrogen) atoms. The first-order chi connectivity index (χ1) is 7.29. The number of ether oxygens (including phenoxy) is 1. The molecule has 2 N–H and O–H groups in total. The average Bonchev–Trinajstić information content (AvgIpc) is 2.15. The van der Waals surface area contributed by atoms with Crippen LogP contribution in [-0.4, -0.2) is 28.0 Å². The summed E-state index contributed by atoms with van der Waals surface area (Å²) in [4.78, 5) is 28.9. The molecule has 0 aliphatic carbocycles. The molecular weight excluding hydrogens is 231 g/mol. The molecule has 5 nitrogen and oxygen atoms in total. The molecule has 0 spiro atoms. The van der Waals surface area contributed by atoms with Crippen molar-refractivity contribution in [1.29, 1.82) is 0 Å². The lowest BCUT2D eigenvalue weighted by Gasteiger charge is -2.15. The summed E-state index contributed by atoms with van der Waals surface area (Å²) in [6.45, 7) is 6.87. The Morgan fingerprint density at radius 3 is 2.44 bits per heavy atom. The third kappa shape index (κ3) is 6.05. The average molecular weight is 250 g/mol. The summed E-state index contributed by atoms with van der Waals surface area (Å²) >= 11 is 0. The second-order valence-electron chi connectivity index (χ2n) is 3.71. The second kappa shape index (κ2) is 6.84. The van der Waals surface area contributed by atoms with Crippen molar-refractivity contribution < 1.29 is 23.9 Å². The maximum atomic E-state index is 11.0. The van der Waals surface area contributed by atoms with Crippen molar-refractivity contribution in [3.63, 3.8) is 0 Å². The van der Waals surface area contributed by atoms with E-state index in [1.165, 1.54) is 0 Å². The Kier molecular flexibility index (Phi) is 6.56. The zero-order chi connectivity index (χ0) is 12.8. The first-order valence-corrected chi connectivity index (χ1v) is 6.85. The Hall–Kier alpha value is -0.640. The summed E-state index contributed by atoms with van der Waals surface area (Å²) < 4.78 is 15.8. The Morgan fingerprint density at radius 1 is 1.50 bits per heavy atom. The fourth-order valence-electron chi connectivity index (χ4n) is 1.22. The van der Waals surface area contributed by atoms with Gasteiger partial charge in [0.2, 0.25) is 0 Å². The molecule has 0 heterocycles. The summed E-state index contributed by atoms with van der Waals surface area (Å²) in [7, 11) is -4.02. The molecule has 0 saturated carbocycles. The topological polar surface area (TPSA) is 83.8 Å². The van der Waals surface area contributed by atoms with E-state index in [2.05, 4.69) is 6.58 Å². The van der Waals surface area contributed by atoms with Gasteiger partial charge in [0, 0.05) is 5.57 Å². The zero-order valence-corrected chi connectivity index (χ0v) is 10.6. The van der Waals surface area contributed by atoms with Gasteiger partial charge in [-0.15, -0.1) is 0 Å². The van der Waals surface area contributed by atoms with E-state index in [0.29, 0.717) is 24.8 Å². The zero-order valence-electron chi connectivity index (χ0n) is 9.68. The summed E-state index contributed by atoms with van der Waals surface area (Å²) in [6, 6.07) is 0. The van der Waals surface area contributed by atoms with Crippen molar-refractivity contribution in [2.75, 3.05) is 6.61 Å². The van der Waals surface area contributed by atoms with Crippen molar-refractivity contribution in [3.8, 4) is 0 Å². The van der Waals surface area contributed by atoms with Crippen LogP contribution in [0.1, 0.15) is 33.1 Å². The molecule has 0 radical (unpaired) electrons. The number of esters is 1. The van der Waals surface area contributed by atoms with Gasteiger partial charge >= 0.3 is 13.6 Å². The lowest BCUT2D eigenvalue weighted by molar-refractivity contribution is -0.139. The van der Waals surface area contributed by atoms with Gasteiger partial charge in [-0.25, -0.2) is 4.79 Å². The summed E-state index contributed by atoms with van der Waals surface area (Å²) in [6.07, 6.45) is 1.21. The van der Waals surface area contributed by atoms with E-state index in [0.717, 1.165) is 0 Å². The van der Waals surface area contributed by atoms with Crippen LogP contribution in [0.5, 0.6) is 0 Å². The summed E-state index contributed by atoms with van der Waals surface area (Å²) in [5.74, 6) is -0.468. The second-order valence-corrected chi connectivity index (χ2v) is 5.62. The molecule has 0 aliphatic heterocycles. The molecule has 1 atom stereocenters. The largest absolute Gasteiger partial charge is 0.462 e. The number of rotatable bonds is 7. The van der Waals surface area contributed by atoms with Crippen LogP contribution in [0.4, 0.5) is 0 Å². The van der Waals surface area contributed by atoms with Crippen LogP contribution >= 0.6 is 7.60 Å². The molecule has 0 aromatic heterocycles. The van der Waals surface area contributed by atoms with E-state index in [9.17, 15) is 9.36 Å². The molecule has 0 aromatic rings. The fourth-order valence-corrected chi connectivity index (χ4v) is 2.21. The molecule has 1 unspecified atom stereocenters. The van der Waals surface area contributed by atoms with Crippen LogP contribution in [0.2, 0.25) is 0 Å². The first-order valence-electron chi connectivity index (χ1n) is 5.16. The van der Waals surface area contributed by atoms with Crippen molar-refractivity contribution in [2.45, 2.75) is 38.8 Å². The summed E-state index contributed by atoms with van der Waals surface area (Å²) in [5, 5.41) is 0. The molecule has 0 aromatic carbocycles. The van der Waals surface area contributed by atoms with E-state index < -0.39 is 19.2 Å². The van der Waals surface area contributed by atoms with Gasteiger partial charge in [0.05, 0.1) is 12.3 Å². The van der Waals surface area contributed by atoms with Gasteiger partial charge < -0.3 is 14.5 Å². The summed E-state index contributed by atoms with van der Waals surface area (Å²) in [5.41, 5.74) is -0.321. The van der Waals surface area contributed by atoms with E-state index in [1.807, 2.05) is 0 Å². The van der Waals surface area contributed by atoms with Crippen molar-refractivity contribution >= 4 is 13.6 Å². The molecule has 0 aliphatic rings. The Labute approximate surface area is 95.7 Å². The van der Waals surface area contributed by atoms with Crippen molar-refractivity contribution in [3.05, 3.63) is 12.2 Å². The van der Waals surface area contributed by atoms with Crippen molar-refractivity contribution in [2.24, 2.45) is 0 Å². The monoisotopic (exact) mass is 250 g/mol. The Bertz CT molecular complexity index is 294. The lowest BCUT2D eigenvalue weighted by Crippen LogP contribution is -2.11. The van der Waals surface area contributed by atoms with E-state index in [-0.39, 0.29) is 6.61 Å². The smallest absolute Gasteiger partial charge is 0.333 e. The van der Waals surface area contributed by atoms with Gasteiger partial charge in [0.1, 0.15) is 0 Å². The quantitative estimate of drug-likeness (QED) is 0.312. The molecule has 0 saturated heterocycles. The molecule has 6 heteroatoms. The minimum Gasteiger partial charge on any atom is -0.462 e. The number of carbonyl (C=O) groups excluding carboxylic acids is 1. The van der Waals surface area contributed by atoms with E-state index in [4.69, 9.17) is 14.5 Å². The highest BCUT2D eigenvalue weighted by molar-refractivity contribution is 7.52. The lowest BCUT2D eigenvalue weighted by atomic mass is 10.2. The molecule has 0 amide bonds. The third-order valence-corrected chi connectivity index (χ3v) is 3.78. The van der Waals surface area contributed by atoms with Crippen molar-refractivity contribution in [1.82, 2.24) is 0 Å². The Balaban J connectivity index is 3.85. The van der Waals surface area contributed by atoms with Crippen LogP contribution in [-0.2, 0) is 14.1 Å². The fraction of sp³-hybridized carbons (Fsp3) is 0.700. The highest BCUT2D eigenvalue weighted by Crippen LogP contribution is 2.44. The van der Waals surface area contributed by atoms with Gasteiger partial charge in [0.15, 0.2) is 0 Å². The number of carbonyl (C=O) groups is 1. The van der Waals surface area contributed by atoms with Crippen LogP contribution in [0, 0.1) is 0 Å².